The van der Waals surface area contributed by atoms with Crippen LogP contribution >= 0.6 is 11.3 Å². The second-order valence-corrected chi connectivity index (χ2v) is 3.75. The second kappa shape index (κ2) is 3.49. The first-order valence-corrected chi connectivity index (χ1v) is 4.75. The van der Waals surface area contributed by atoms with Crippen LogP contribution in [0.1, 0.15) is 11.4 Å². The zero-order chi connectivity index (χ0) is 10.1. The third-order valence-electron chi connectivity index (χ3n) is 1.80. The molecule has 2 aromatic rings. The molecule has 0 aliphatic carbocycles. The molecule has 5 heteroatoms. The predicted molar refractivity (Wildman–Crippen MR) is 51.1 cm³/mol. The van der Waals surface area contributed by atoms with Crippen molar-refractivity contribution in [2.24, 2.45) is 0 Å². The summed E-state index contributed by atoms with van der Waals surface area (Å²) in [5.74, 6) is 0.628. The molecule has 0 radical (unpaired) electrons. The minimum atomic E-state index is -2.50. The Balaban J connectivity index is 2.54. The highest BCUT2D eigenvalue weighted by Crippen LogP contribution is 2.30. The van der Waals surface area contributed by atoms with Crippen molar-refractivity contribution >= 4 is 21.6 Å². The topological polar surface area (TPSA) is 22.1 Å². The van der Waals surface area contributed by atoms with Crippen molar-refractivity contribution in [1.82, 2.24) is 4.98 Å². The van der Waals surface area contributed by atoms with Crippen molar-refractivity contribution in [3.63, 3.8) is 0 Å². The molecule has 0 bridgehead atoms. The number of hydrogen-bond acceptors (Lipinski definition) is 3. The molecule has 2 nitrogen and oxygen atoms in total. The second-order valence-electron chi connectivity index (χ2n) is 2.69. The van der Waals surface area contributed by atoms with Gasteiger partial charge in [0.2, 0.25) is 0 Å². The standard InChI is InChI=1S/C9H7F2NOS/c1-13-5-2-3-7-6(4-5)12-9(14-7)8(10)11/h2-4,8H,1H3. The van der Waals surface area contributed by atoms with E-state index in [2.05, 4.69) is 4.98 Å². The fourth-order valence-corrected chi connectivity index (χ4v) is 1.95. The van der Waals surface area contributed by atoms with Crippen LogP contribution in [0.15, 0.2) is 18.2 Å². The van der Waals surface area contributed by atoms with Gasteiger partial charge in [-0.25, -0.2) is 13.8 Å². The number of rotatable bonds is 2. The van der Waals surface area contributed by atoms with Gasteiger partial charge in [-0.3, -0.25) is 0 Å². The molecule has 74 valence electrons. The minimum absolute atomic E-state index is 0.145. The van der Waals surface area contributed by atoms with Gasteiger partial charge in [0.25, 0.3) is 6.43 Å². The van der Waals surface area contributed by atoms with Crippen LogP contribution < -0.4 is 4.74 Å². The van der Waals surface area contributed by atoms with E-state index in [1.165, 1.54) is 7.11 Å². The van der Waals surface area contributed by atoms with Gasteiger partial charge >= 0.3 is 0 Å². The first kappa shape index (κ1) is 9.33. The molecule has 0 fully saturated rings. The average molecular weight is 215 g/mol. The molecule has 0 unspecified atom stereocenters. The van der Waals surface area contributed by atoms with Crippen molar-refractivity contribution in [3.8, 4) is 5.75 Å². The van der Waals surface area contributed by atoms with Gasteiger partial charge in [-0.1, -0.05) is 0 Å². The molecule has 0 aliphatic rings. The van der Waals surface area contributed by atoms with Gasteiger partial charge in [-0.2, -0.15) is 0 Å². The average Bonchev–Trinajstić information content (AvgIpc) is 2.59. The van der Waals surface area contributed by atoms with Crippen LogP contribution in [-0.2, 0) is 0 Å². The molecule has 1 heterocycles. The Kier molecular flexibility index (Phi) is 2.33. The van der Waals surface area contributed by atoms with Gasteiger partial charge in [0.05, 0.1) is 17.3 Å². The van der Waals surface area contributed by atoms with Crippen LogP contribution in [0.2, 0.25) is 0 Å². The summed E-state index contributed by atoms with van der Waals surface area (Å²) in [6.07, 6.45) is -2.50. The third-order valence-corrected chi connectivity index (χ3v) is 2.84. The zero-order valence-electron chi connectivity index (χ0n) is 7.33. The first-order valence-electron chi connectivity index (χ1n) is 3.93. The highest BCUT2D eigenvalue weighted by atomic mass is 32.1. The number of aromatic nitrogens is 1. The predicted octanol–water partition coefficient (Wildman–Crippen LogP) is 3.24. The summed E-state index contributed by atoms with van der Waals surface area (Å²) in [7, 11) is 1.53. The molecule has 0 atom stereocenters. The van der Waals surface area contributed by atoms with Gasteiger partial charge in [0, 0.05) is 6.07 Å². The van der Waals surface area contributed by atoms with Gasteiger partial charge in [0.1, 0.15) is 5.75 Å². The first-order chi connectivity index (χ1) is 6.70. The highest BCUT2D eigenvalue weighted by Gasteiger charge is 2.13. The molecule has 0 saturated carbocycles. The number of alkyl halides is 2. The maximum absolute atomic E-state index is 12.3. The van der Waals surface area contributed by atoms with E-state index in [1.54, 1.807) is 18.2 Å². The lowest BCUT2D eigenvalue weighted by Crippen LogP contribution is -1.82. The fraction of sp³-hybridized carbons (Fsp3) is 0.222. The summed E-state index contributed by atoms with van der Waals surface area (Å²) < 4.78 is 30.3. The Hall–Kier alpha value is -1.23. The number of hydrogen-bond donors (Lipinski definition) is 0. The van der Waals surface area contributed by atoms with Crippen molar-refractivity contribution in [3.05, 3.63) is 23.2 Å². The number of fused-ring (bicyclic) bond motifs is 1. The van der Waals surface area contributed by atoms with E-state index in [0.29, 0.717) is 11.3 Å². The van der Waals surface area contributed by atoms with E-state index in [4.69, 9.17) is 4.74 Å². The summed E-state index contributed by atoms with van der Waals surface area (Å²) >= 11 is 1.01. The van der Waals surface area contributed by atoms with Gasteiger partial charge in [0.15, 0.2) is 5.01 Å². The molecule has 1 aromatic carbocycles. The molecule has 2 rings (SSSR count). The zero-order valence-corrected chi connectivity index (χ0v) is 8.15. The minimum Gasteiger partial charge on any atom is -0.497 e. The van der Waals surface area contributed by atoms with Crippen LogP contribution in [0.25, 0.3) is 10.2 Å². The van der Waals surface area contributed by atoms with E-state index >= 15 is 0 Å². The Labute approximate surface area is 83.1 Å². The third kappa shape index (κ3) is 1.55. The molecule has 0 aliphatic heterocycles. The summed E-state index contributed by atoms with van der Waals surface area (Å²) in [4.78, 5) is 3.81. The SMILES string of the molecule is COc1ccc2sc(C(F)F)nc2c1. The van der Waals surface area contributed by atoms with E-state index in [9.17, 15) is 8.78 Å². The summed E-state index contributed by atoms with van der Waals surface area (Å²) in [6.45, 7) is 0. The van der Waals surface area contributed by atoms with E-state index < -0.39 is 6.43 Å². The largest absolute Gasteiger partial charge is 0.497 e. The number of benzene rings is 1. The number of ether oxygens (including phenoxy) is 1. The molecule has 14 heavy (non-hydrogen) atoms. The maximum atomic E-state index is 12.3. The molecule has 1 aromatic heterocycles. The molecular weight excluding hydrogens is 208 g/mol. The molecule has 0 N–H and O–H groups in total. The smallest absolute Gasteiger partial charge is 0.289 e. The lowest BCUT2D eigenvalue weighted by molar-refractivity contribution is 0.151. The Morgan fingerprint density at radius 2 is 2.21 bits per heavy atom. The summed E-state index contributed by atoms with van der Waals surface area (Å²) in [5.41, 5.74) is 0.560. The van der Waals surface area contributed by atoms with Crippen molar-refractivity contribution in [2.75, 3.05) is 7.11 Å². The number of methoxy groups -OCH3 is 1. The van der Waals surface area contributed by atoms with E-state index in [-0.39, 0.29) is 5.01 Å². The van der Waals surface area contributed by atoms with Gasteiger partial charge < -0.3 is 4.74 Å². The molecule has 0 amide bonds. The van der Waals surface area contributed by atoms with Crippen molar-refractivity contribution in [2.45, 2.75) is 6.43 Å². The van der Waals surface area contributed by atoms with Crippen LogP contribution in [-0.4, -0.2) is 12.1 Å². The number of halogens is 2. The van der Waals surface area contributed by atoms with Crippen LogP contribution in [0.3, 0.4) is 0 Å². The van der Waals surface area contributed by atoms with Gasteiger partial charge in [-0.05, 0) is 12.1 Å². The van der Waals surface area contributed by atoms with Crippen molar-refractivity contribution < 1.29 is 13.5 Å². The summed E-state index contributed by atoms with van der Waals surface area (Å²) in [5, 5.41) is -0.145. The molecule has 0 spiro atoms. The van der Waals surface area contributed by atoms with Gasteiger partial charge in [-0.15, -0.1) is 11.3 Å². The van der Waals surface area contributed by atoms with E-state index in [0.717, 1.165) is 16.0 Å². The lowest BCUT2D eigenvalue weighted by Gasteiger charge is -1.96. The monoisotopic (exact) mass is 215 g/mol. The number of nitrogens with zero attached hydrogens (tertiary/aromatic N) is 1. The van der Waals surface area contributed by atoms with Crippen LogP contribution in [0, 0.1) is 0 Å². The maximum Gasteiger partial charge on any atom is 0.289 e. The quantitative estimate of drug-likeness (QED) is 0.767. The molecule has 0 saturated heterocycles. The Bertz CT molecular complexity index is 455. The number of thiazole rings is 1. The highest BCUT2D eigenvalue weighted by molar-refractivity contribution is 7.18. The van der Waals surface area contributed by atoms with Crippen LogP contribution in [0.4, 0.5) is 8.78 Å². The summed E-state index contributed by atoms with van der Waals surface area (Å²) in [6, 6.07) is 5.12. The Morgan fingerprint density at radius 1 is 1.43 bits per heavy atom. The van der Waals surface area contributed by atoms with Crippen LogP contribution in [0.5, 0.6) is 5.75 Å². The van der Waals surface area contributed by atoms with E-state index in [1.807, 2.05) is 0 Å². The lowest BCUT2D eigenvalue weighted by atomic mass is 10.3. The fourth-order valence-electron chi connectivity index (χ4n) is 1.15. The normalized spacial score (nSPS) is 11.1. The molecular formula is C9H7F2NOS. The Morgan fingerprint density at radius 3 is 2.86 bits per heavy atom. The van der Waals surface area contributed by atoms with Crippen molar-refractivity contribution in [1.29, 1.82) is 0 Å².